The second-order valence-corrected chi connectivity index (χ2v) is 2.78. The van der Waals surface area contributed by atoms with Crippen LogP contribution in [0.4, 0.5) is 4.79 Å². The van der Waals surface area contributed by atoms with Crippen molar-refractivity contribution in [3.05, 3.63) is 30.5 Å². The van der Waals surface area contributed by atoms with Gasteiger partial charge >= 0.3 is 6.16 Å². The summed E-state index contributed by atoms with van der Waals surface area (Å²) in [5.74, 6) is 0.340. The molecule has 0 amide bonds. The van der Waals surface area contributed by atoms with E-state index in [1.807, 2.05) is 12.1 Å². The normalized spacial score (nSPS) is 9.93. The second kappa shape index (κ2) is 3.91. The molecule has 0 aliphatic rings. The van der Waals surface area contributed by atoms with Crippen LogP contribution in [0.15, 0.2) is 30.5 Å². The van der Waals surface area contributed by atoms with E-state index in [-0.39, 0.29) is 0 Å². The molecule has 0 aliphatic heterocycles. The highest BCUT2D eigenvalue weighted by molar-refractivity contribution is 5.85. The summed E-state index contributed by atoms with van der Waals surface area (Å²) in [4.78, 5) is 10.9. The van der Waals surface area contributed by atoms with Gasteiger partial charge in [-0.25, -0.2) is 4.79 Å². The fourth-order valence-corrected chi connectivity index (χ4v) is 1.20. The molecule has 1 heterocycles. The third kappa shape index (κ3) is 1.85. The van der Waals surface area contributed by atoms with Gasteiger partial charge in [-0.2, -0.15) is 10.2 Å². The lowest BCUT2D eigenvalue weighted by atomic mass is 10.2. The van der Waals surface area contributed by atoms with E-state index in [0.29, 0.717) is 11.3 Å². The lowest BCUT2D eigenvalue weighted by Crippen LogP contribution is -2.08. The minimum absolute atomic E-state index is 0.340. The van der Waals surface area contributed by atoms with Gasteiger partial charge in [0.05, 0.1) is 18.8 Å². The van der Waals surface area contributed by atoms with Crippen LogP contribution in [0.3, 0.4) is 0 Å². The smallest absolute Gasteiger partial charge is 0.437 e. The van der Waals surface area contributed by atoms with Crippen molar-refractivity contribution in [3.63, 3.8) is 0 Å². The molecule has 0 bridgehead atoms. The van der Waals surface area contributed by atoms with E-state index in [4.69, 9.17) is 4.74 Å². The number of aromatic nitrogens is 2. The van der Waals surface area contributed by atoms with E-state index in [0.717, 1.165) is 5.39 Å². The maximum absolute atomic E-state index is 10.9. The van der Waals surface area contributed by atoms with Crippen molar-refractivity contribution < 1.29 is 14.3 Å². The summed E-state index contributed by atoms with van der Waals surface area (Å²) in [5.41, 5.74) is 0.666. The fraction of sp³-hybridized carbons (Fsp3) is 0.100. The topological polar surface area (TPSA) is 61.3 Å². The minimum atomic E-state index is -0.770. The van der Waals surface area contributed by atoms with Crippen molar-refractivity contribution in [1.82, 2.24) is 10.2 Å². The molecule has 5 nitrogen and oxygen atoms in total. The molecule has 1 aromatic carbocycles. The second-order valence-electron chi connectivity index (χ2n) is 2.78. The molecular weight excluding hydrogens is 196 g/mol. The highest BCUT2D eigenvalue weighted by Crippen LogP contribution is 2.22. The molecule has 0 radical (unpaired) electrons. The number of carbonyl (C=O) groups is 1. The number of hydrogen-bond donors (Lipinski definition) is 0. The predicted molar refractivity (Wildman–Crippen MR) is 52.6 cm³/mol. The Morgan fingerprint density at radius 2 is 2.13 bits per heavy atom. The van der Waals surface area contributed by atoms with Crippen molar-refractivity contribution >= 4 is 17.1 Å². The molecule has 76 valence electrons. The standard InChI is InChI=1S/C10H8N2O3/c1-14-10(13)15-9-6-11-12-8-5-3-2-4-7(8)9/h2-6H,1H3. The Balaban J connectivity index is 2.46. The summed E-state index contributed by atoms with van der Waals surface area (Å²) in [5, 5.41) is 8.33. The average molecular weight is 204 g/mol. The van der Waals surface area contributed by atoms with Crippen LogP contribution in [-0.2, 0) is 4.74 Å². The molecule has 0 saturated heterocycles. The van der Waals surface area contributed by atoms with Gasteiger partial charge in [0.1, 0.15) is 0 Å². The number of carbonyl (C=O) groups excluding carboxylic acids is 1. The Bertz CT molecular complexity index is 493. The quantitative estimate of drug-likeness (QED) is 0.662. The molecule has 15 heavy (non-hydrogen) atoms. The molecule has 0 fully saturated rings. The van der Waals surface area contributed by atoms with Crippen molar-refractivity contribution in [1.29, 1.82) is 0 Å². The van der Waals surface area contributed by atoms with Crippen LogP contribution < -0.4 is 4.74 Å². The van der Waals surface area contributed by atoms with Gasteiger partial charge in [0.2, 0.25) is 0 Å². The zero-order chi connectivity index (χ0) is 10.7. The van der Waals surface area contributed by atoms with E-state index in [1.165, 1.54) is 13.3 Å². The van der Waals surface area contributed by atoms with Crippen LogP contribution in [0.1, 0.15) is 0 Å². The molecule has 0 saturated carbocycles. The zero-order valence-electron chi connectivity index (χ0n) is 8.01. The third-order valence-corrected chi connectivity index (χ3v) is 1.87. The highest BCUT2D eigenvalue weighted by Gasteiger charge is 2.08. The monoisotopic (exact) mass is 204 g/mol. The van der Waals surface area contributed by atoms with Crippen LogP contribution in [0, 0.1) is 0 Å². The Morgan fingerprint density at radius 3 is 2.93 bits per heavy atom. The molecule has 0 atom stereocenters. The van der Waals surface area contributed by atoms with Gasteiger partial charge in [0.15, 0.2) is 5.75 Å². The Hall–Kier alpha value is -2.17. The van der Waals surface area contributed by atoms with Crippen molar-refractivity contribution in [3.8, 4) is 5.75 Å². The molecular formula is C10H8N2O3. The van der Waals surface area contributed by atoms with Crippen LogP contribution in [0.5, 0.6) is 5.75 Å². The molecule has 2 aromatic rings. The number of benzene rings is 1. The van der Waals surface area contributed by atoms with Gasteiger partial charge in [-0.1, -0.05) is 12.1 Å². The molecule has 0 spiro atoms. The average Bonchev–Trinajstić information content (AvgIpc) is 2.29. The first-order valence-corrected chi connectivity index (χ1v) is 4.27. The fourth-order valence-electron chi connectivity index (χ4n) is 1.20. The van der Waals surface area contributed by atoms with Gasteiger partial charge in [-0.05, 0) is 12.1 Å². The van der Waals surface area contributed by atoms with Gasteiger partial charge in [-0.15, -0.1) is 0 Å². The number of ether oxygens (including phenoxy) is 2. The number of nitrogens with zero attached hydrogens (tertiary/aromatic N) is 2. The van der Waals surface area contributed by atoms with Crippen molar-refractivity contribution in [2.75, 3.05) is 7.11 Å². The number of methoxy groups -OCH3 is 1. The molecule has 0 unspecified atom stereocenters. The molecule has 0 N–H and O–H groups in total. The van der Waals surface area contributed by atoms with Crippen LogP contribution in [0.2, 0.25) is 0 Å². The lowest BCUT2D eigenvalue weighted by Gasteiger charge is -2.04. The SMILES string of the molecule is COC(=O)Oc1cnnc2ccccc12. The van der Waals surface area contributed by atoms with Gasteiger partial charge in [0.25, 0.3) is 0 Å². The molecule has 2 rings (SSSR count). The summed E-state index contributed by atoms with van der Waals surface area (Å²) in [6, 6.07) is 7.24. The van der Waals surface area contributed by atoms with Crippen LogP contribution in [-0.4, -0.2) is 23.5 Å². The highest BCUT2D eigenvalue weighted by atomic mass is 16.7. The zero-order valence-corrected chi connectivity index (χ0v) is 8.01. The maximum atomic E-state index is 10.9. The van der Waals surface area contributed by atoms with Crippen molar-refractivity contribution in [2.45, 2.75) is 0 Å². The maximum Gasteiger partial charge on any atom is 0.513 e. The lowest BCUT2D eigenvalue weighted by molar-refractivity contribution is 0.122. The Labute approximate surface area is 85.6 Å². The van der Waals surface area contributed by atoms with E-state index in [9.17, 15) is 4.79 Å². The van der Waals surface area contributed by atoms with Crippen molar-refractivity contribution in [2.24, 2.45) is 0 Å². The predicted octanol–water partition coefficient (Wildman–Crippen LogP) is 1.77. The van der Waals surface area contributed by atoms with E-state index in [2.05, 4.69) is 14.9 Å². The summed E-state index contributed by atoms with van der Waals surface area (Å²) in [6.07, 6.45) is 0.604. The molecule has 1 aromatic heterocycles. The van der Waals surface area contributed by atoms with Gasteiger partial charge in [-0.3, -0.25) is 0 Å². The summed E-state index contributed by atoms with van der Waals surface area (Å²) in [7, 11) is 1.25. The number of hydrogen-bond acceptors (Lipinski definition) is 5. The van der Waals surface area contributed by atoms with E-state index >= 15 is 0 Å². The first-order chi connectivity index (χ1) is 7.31. The van der Waals surface area contributed by atoms with E-state index < -0.39 is 6.16 Å². The van der Waals surface area contributed by atoms with Crippen LogP contribution in [0.25, 0.3) is 10.9 Å². The van der Waals surface area contributed by atoms with Gasteiger partial charge in [0, 0.05) is 5.39 Å². The third-order valence-electron chi connectivity index (χ3n) is 1.87. The summed E-state index contributed by atoms with van der Waals surface area (Å²) in [6.45, 7) is 0. The first-order valence-electron chi connectivity index (χ1n) is 4.27. The number of fused-ring (bicyclic) bond motifs is 1. The Kier molecular flexibility index (Phi) is 2.45. The van der Waals surface area contributed by atoms with Crippen LogP contribution >= 0.6 is 0 Å². The summed E-state index contributed by atoms with van der Waals surface area (Å²) >= 11 is 0. The molecule has 0 aliphatic carbocycles. The minimum Gasteiger partial charge on any atom is -0.437 e. The largest absolute Gasteiger partial charge is 0.513 e. The van der Waals surface area contributed by atoms with E-state index in [1.54, 1.807) is 12.1 Å². The summed E-state index contributed by atoms with van der Waals surface area (Å²) < 4.78 is 9.31. The molecule has 5 heteroatoms. The number of rotatable bonds is 1. The van der Waals surface area contributed by atoms with Gasteiger partial charge < -0.3 is 9.47 Å². The first kappa shape index (κ1) is 9.39. The Morgan fingerprint density at radius 1 is 1.33 bits per heavy atom.